The van der Waals surface area contributed by atoms with Crippen molar-refractivity contribution in [3.05, 3.63) is 0 Å². The molecule has 0 saturated heterocycles. The average Bonchev–Trinajstić information content (AvgIpc) is 2.10. The van der Waals surface area contributed by atoms with Crippen LogP contribution in [-0.2, 0) is 28.8 Å². The molecule has 0 aromatic carbocycles. The Kier molecular flexibility index (Phi) is 32.8. The molecule has 0 fully saturated rings. The van der Waals surface area contributed by atoms with E-state index >= 15 is 0 Å². The van der Waals surface area contributed by atoms with Crippen LogP contribution in [0.4, 0.5) is 0 Å². The Morgan fingerprint density at radius 3 is 0.478 bits per heavy atom. The summed E-state index contributed by atoms with van der Waals surface area (Å²) in [6.07, 6.45) is -3.08. The number of carbonyl (C=O) groups is 6. The van der Waals surface area contributed by atoms with Gasteiger partial charge in [0.05, 0.1) is 0 Å². The first kappa shape index (κ1) is 34.3. The zero-order valence-electron chi connectivity index (χ0n) is 10.8. The Balaban J connectivity index is -0.0000000675. The van der Waals surface area contributed by atoms with E-state index in [2.05, 4.69) is 0 Å². The standard InChI is InChI=1S/3C3H4O4.2Eu/c3*4-2(5)1-3(6)7;;/h3*1H2,(H,4,5)(H,6,7);;/q;;;2*+3/p-6. The molecule has 0 spiro atoms. The number of hydrogen-bond acceptors (Lipinski definition) is 12. The van der Waals surface area contributed by atoms with Crippen molar-refractivity contribution in [1.29, 1.82) is 0 Å². The van der Waals surface area contributed by atoms with E-state index in [4.69, 9.17) is 0 Å². The van der Waals surface area contributed by atoms with Gasteiger partial charge in [0.2, 0.25) is 0 Å². The van der Waals surface area contributed by atoms with Crippen LogP contribution in [0.1, 0.15) is 19.3 Å². The molecule has 128 valence electrons. The minimum atomic E-state index is -1.63. The SMILES string of the molecule is O=C([O-])CC(=O)[O-].O=C([O-])CC(=O)[O-].O=C([O-])CC(=O)[O-].[Eu+3].[Eu+3]. The molecule has 0 aliphatic rings. The Hall–Kier alpha value is -0.0112. The Morgan fingerprint density at radius 1 is 0.391 bits per heavy atom. The summed E-state index contributed by atoms with van der Waals surface area (Å²) in [5, 5.41) is 55.7. The molecule has 0 bridgehead atoms. The van der Waals surface area contributed by atoms with E-state index in [0.717, 1.165) is 0 Å². The van der Waals surface area contributed by atoms with Gasteiger partial charge >= 0.3 is 98.8 Å². The number of rotatable bonds is 6. The molecular formula is C9H6Eu2O12. The Labute approximate surface area is 209 Å². The van der Waals surface area contributed by atoms with E-state index in [1.807, 2.05) is 0 Å². The summed E-state index contributed by atoms with van der Waals surface area (Å²) >= 11 is 0. The zero-order valence-corrected chi connectivity index (χ0v) is 15.6. The van der Waals surface area contributed by atoms with Crippen LogP contribution in [-0.4, -0.2) is 35.8 Å². The van der Waals surface area contributed by atoms with Gasteiger partial charge in [-0.05, 0) is 0 Å². The van der Waals surface area contributed by atoms with Gasteiger partial charge in [-0.25, -0.2) is 0 Å². The number of hydrogen-bond donors (Lipinski definition) is 0. The van der Waals surface area contributed by atoms with Crippen molar-refractivity contribution in [2.75, 3.05) is 0 Å². The average molecular weight is 610 g/mol. The first-order valence-electron chi connectivity index (χ1n) is 4.57. The van der Waals surface area contributed by atoms with Gasteiger partial charge in [-0.1, -0.05) is 0 Å². The maximum absolute atomic E-state index is 9.28. The third kappa shape index (κ3) is 61.1. The summed E-state index contributed by atoms with van der Waals surface area (Å²) < 4.78 is 0. The molecule has 0 atom stereocenters. The predicted octanol–water partition coefficient (Wildman–Crippen LogP) is -9.37. The molecule has 0 heterocycles. The van der Waals surface area contributed by atoms with Gasteiger partial charge < -0.3 is 59.4 Å². The molecule has 0 aromatic heterocycles. The van der Waals surface area contributed by atoms with Gasteiger partial charge in [-0.3, -0.25) is 0 Å². The third-order valence-electron chi connectivity index (χ3n) is 0.866. The van der Waals surface area contributed by atoms with Gasteiger partial charge in [0.15, 0.2) is 0 Å². The van der Waals surface area contributed by atoms with Crippen LogP contribution in [0.15, 0.2) is 0 Å². The van der Waals surface area contributed by atoms with Crippen molar-refractivity contribution < 1.29 is 158 Å². The van der Waals surface area contributed by atoms with E-state index in [1.165, 1.54) is 0 Å². The van der Waals surface area contributed by atoms with Crippen LogP contribution in [0.2, 0.25) is 0 Å². The van der Waals surface area contributed by atoms with Crippen LogP contribution in [0.5, 0.6) is 0 Å². The topological polar surface area (TPSA) is 241 Å². The van der Waals surface area contributed by atoms with Crippen molar-refractivity contribution in [3.63, 3.8) is 0 Å². The summed E-state index contributed by atoms with van der Waals surface area (Å²) in [5.41, 5.74) is 0. The summed E-state index contributed by atoms with van der Waals surface area (Å²) in [6, 6.07) is 0. The van der Waals surface area contributed by atoms with E-state index < -0.39 is 55.1 Å². The van der Waals surface area contributed by atoms with Crippen LogP contribution in [0.25, 0.3) is 0 Å². The van der Waals surface area contributed by atoms with Crippen LogP contribution < -0.4 is 30.6 Å². The molecule has 0 aliphatic carbocycles. The smallest absolute Gasteiger partial charge is 0.550 e. The van der Waals surface area contributed by atoms with Crippen molar-refractivity contribution in [2.24, 2.45) is 0 Å². The van der Waals surface area contributed by atoms with Crippen LogP contribution in [0, 0.1) is 98.8 Å². The van der Waals surface area contributed by atoms with Gasteiger partial charge in [-0.2, -0.15) is 0 Å². The second kappa shape index (κ2) is 22.0. The molecule has 0 rings (SSSR count). The van der Waals surface area contributed by atoms with E-state index in [-0.39, 0.29) is 98.8 Å². The predicted molar refractivity (Wildman–Crippen MR) is 43.9 cm³/mol. The van der Waals surface area contributed by atoms with Gasteiger partial charge in [0.1, 0.15) is 0 Å². The van der Waals surface area contributed by atoms with Crippen molar-refractivity contribution in [1.82, 2.24) is 0 Å². The Bertz CT molecular complexity index is 321. The van der Waals surface area contributed by atoms with Crippen LogP contribution >= 0.6 is 0 Å². The quantitative estimate of drug-likeness (QED) is 0.255. The van der Waals surface area contributed by atoms with Crippen LogP contribution in [0.3, 0.4) is 0 Å². The molecule has 0 unspecified atom stereocenters. The normalized spacial score (nSPS) is 7.30. The summed E-state index contributed by atoms with van der Waals surface area (Å²) in [4.78, 5) is 55.7. The summed E-state index contributed by atoms with van der Waals surface area (Å²) in [7, 11) is 0. The summed E-state index contributed by atoms with van der Waals surface area (Å²) in [6.45, 7) is 0. The molecule has 0 saturated carbocycles. The fourth-order valence-electron chi connectivity index (χ4n) is 0.354. The zero-order chi connectivity index (χ0) is 17.6. The van der Waals surface area contributed by atoms with E-state index in [1.54, 1.807) is 0 Å². The minimum absolute atomic E-state index is 0. The fourth-order valence-corrected chi connectivity index (χ4v) is 0.354. The molecule has 0 aromatic rings. The third-order valence-corrected chi connectivity index (χ3v) is 0.866. The van der Waals surface area contributed by atoms with Gasteiger partial charge in [-0.15, -0.1) is 0 Å². The van der Waals surface area contributed by atoms with E-state index in [9.17, 15) is 59.4 Å². The second-order valence-electron chi connectivity index (χ2n) is 2.76. The molecule has 0 radical (unpaired) electrons. The largest absolute Gasteiger partial charge is 3.00 e. The first-order chi connectivity index (χ1) is 9.38. The second-order valence-corrected chi connectivity index (χ2v) is 2.76. The maximum Gasteiger partial charge on any atom is 3.00 e. The molecule has 0 N–H and O–H groups in total. The van der Waals surface area contributed by atoms with Crippen molar-refractivity contribution in [3.8, 4) is 0 Å². The number of carboxylic acid groups (broad SMARTS) is 6. The molecule has 12 nitrogen and oxygen atoms in total. The monoisotopic (exact) mass is 612 g/mol. The Morgan fingerprint density at radius 2 is 0.478 bits per heavy atom. The maximum atomic E-state index is 9.28. The van der Waals surface area contributed by atoms with E-state index in [0.29, 0.717) is 0 Å². The van der Waals surface area contributed by atoms with Gasteiger partial charge in [0, 0.05) is 55.1 Å². The van der Waals surface area contributed by atoms with Gasteiger partial charge in [0.25, 0.3) is 0 Å². The summed E-state index contributed by atoms with van der Waals surface area (Å²) in [5.74, 6) is -9.75. The number of aliphatic carboxylic acids is 6. The molecule has 14 heteroatoms. The molecule has 0 aliphatic heterocycles. The molecule has 23 heavy (non-hydrogen) atoms. The fraction of sp³-hybridized carbons (Fsp3) is 0.333. The van der Waals surface area contributed by atoms with Crippen molar-refractivity contribution >= 4 is 35.8 Å². The van der Waals surface area contributed by atoms with Crippen molar-refractivity contribution in [2.45, 2.75) is 19.3 Å². The molecular weight excluding hydrogens is 604 g/mol. The minimum Gasteiger partial charge on any atom is -0.550 e. The molecule has 0 amide bonds. The number of carbonyl (C=O) groups excluding carboxylic acids is 6. The first-order valence-corrected chi connectivity index (χ1v) is 4.57. The number of carboxylic acids is 6.